The minimum atomic E-state index is -0.956. The molecular formula is C18H24F2N2O3. The Hall–Kier alpha value is -1.89. The van der Waals surface area contributed by atoms with Gasteiger partial charge in [0.25, 0.3) is 0 Å². The number of halogens is 2. The Bertz CT molecular complexity index is 606. The maximum Gasteiger partial charge on any atom is 0.407 e. The van der Waals surface area contributed by atoms with Crippen LogP contribution in [0.5, 0.6) is 5.75 Å². The average molecular weight is 354 g/mol. The Kier molecular flexibility index (Phi) is 5.42. The van der Waals surface area contributed by atoms with Crippen LogP contribution < -0.4 is 4.74 Å². The molecular weight excluding hydrogens is 330 g/mol. The van der Waals surface area contributed by atoms with Crippen LogP contribution in [-0.2, 0) is 6.54 Å². The molecule has 1 amide bonds. The number of carboxylic acid groups (broad SMARTS) is 1. The average Bonchev–Trinajstić information content (AvgIpc) is 3.01. The highest BCUT2D eigenvalue weighted by molar-refractivity contribution is 5.64. The molecule has 1 aliphatic heterocycles. The van der Waals surface area contributed by atoms with E-state index >= 15 is 0 Å². The Morgan fingerprint density at radius 1 is 1.28 bits per heavy atom. The van der Waals surface area contributed by atoms with Gasteiger partial charge in [0, 0.05) is 37.8 Å². The Labute approximate surface area is 146 Å². The third kappa shape index (κ3) is 4.39. The van der Waals surface area contributed by atoms with Gasteiger partial charge in [-0.25, -0.2) is 13.6 Å². The first-order valence-corrected chi connectivity index (χ1v) is 8.73. The van der Waals surface area contributed by atoms with Crippen molar-refractivity contribution in [3.05, 3.63) is 29.3 Å². The summed E-state index contributed by atoms with van der Waals surface area (Å²) in [5, 5.41) is 8.85. The molecule has 2 aliphatic rings. The van der Waals surface area contributed by atoms with E-state index in [-0.39, 0.29) is 23.3 Å². The van der Waals surface area contributed by atoms with Crippen molar-refractivity contribution in [1.82, 2.24) is 9.80 Å². The Balaban J connectivity index is 1.53. The van der Waals surface area contributed by atoms with Crippen molar-refractivity contribution in [3.8, 4) is 5.75 Å². The van der Waals surface area contributed by atoms with Gasteiger partial charge in [-0.15, -0.1) is 0 Å². The minimum Gasteiger partial charge on any atom is -0.490 e. The van der Waals surface area contributed by atoms with E-state index < -0.39 is 17.7 Å². The van der Waals surface area contributed by atoms with E-state index in [0.717, 1.165) is 25.9 Å². The first-order chi connectivity index (χ1) is 11.9. The second-order valence-electron chi connectivity index (χ2n) is 7.09. The predicted octanol–water partition coefficient (Wildman–Crippen LogP) is 3.33. The molecule has 1 aromatic rings. The fraction of sp³-hybridized carbons (Fsp3) is 0.611. The van der Waals surface area contributed by atoms with E-state index in [2.05, 4.69) is 4.90 Å². The van der Waals surface area contributed by atoms with Crippen LogP contribution in [0.3, 0.4) is 0 Å². The number of benzene rings is 1. The molecule has 1 saturated heterocycles. The molecule has 3 rings (SSSR count). The molecule has 138 valence electrons. The van der Waals surface area contributed by atoms with E-state index in [1.807, 2.05) is 0 Å². The van der Waals surface area contributed by atoms with Crippen LogP contribution in [-0.4, -0.2) is 53.8 Å². The lowest BCUT2D eigenvalue weighted by Crippen LogP contribution is -2.41. The van der Waals surface area contributed by atoms with Gasteiger partial charge in [-0.2, -0.15) is 0 Å². The molecule has 7 heteroatoms. The number of likely N-dealkylation sites (tertiary alicyclic amines) is 1. The fourth-order valence-corrected chi connectivity index (χ4v) is 3.54. The van der Waals surface area contributed by atoms with Crippen molar-refractivity contribution in [1.29, 1.82) is 0 Å². The zero-order valence-electron chi connectivity index (χ0n) is 14.4. The number of amides is 1. The van der Waals surface area contributed by atoms with Crippen molar-refractivity contribution in [2.75, 3.05) is 26.7 Å². The summed E-state index contributed by atoms with van der Waals surface area (Å²) in [5.41, 5.74) is 0.101. The molecule has 0 spiro atoms. The molecule has 1 heterocycles. The summed E-state index contributed by atoms with van der Waals surface area (Å²) in [6.45, 7) is 2.51. The molecule has 0 atom stereocenters. The number of rotatable bonds is 6. The van der Waals surface area contributed by atoms with E-state index in [1.165, 1.54) is 24.1 Å². The van der Waals surface area contributed by atoms with E-state index in [4.69, 9.17) is 9.84 Å². The Morgan fingerprint density at radius 2 is 1.88 bits per heavy atom. The molecule has 1 aliphatic carbocycles. The monoisotopic (exact) mass is 354 g/mol. The molecule has 0 bridgehead atoms. The Morgan fingerprint density at radius 3 is 2.44 bits per heavy atom. The molecule has 0 unspecified atom stereocenters. The SMILES string of the molecule is CN(C[C@H]1C[C@H](Oc2cc(F)c(CN3CCCC3)c(F)c2)C1)C(=O)O. The van der Waals surface area contributed by atoms with Crippen LogP contribution in [0.4, 0.5) is 13.6 Å². The molecule has 25 heavy (non-hydrogen) atoms. The largest absolute Gasteiger partial charge is 0.490 e. The highest BCUT2D eigenvalue weighted by atomic mass is 19.1. The highest BCUT2D eigenvalue weighted by Crippen LogP contribution is 2.33. The van der Waals surface area contributed by atoms with Crippen LogP contribution >= 0.6 is 0 Å². The third-order valence-electron chi connectivity index (χ3n) is 5.05. The highest BCUT2D eigenvalue weighted by Gasteiger charge is 2.32. The van der Waals surface area contributed by atoms with E-state index in [9.17, 15) is 13.6 Å². The van der Waals surface area contributed by atoms with Gasteiger partial charge in [-0.05, 0) is 44.7 Å². The van der Waals surface area contributed by atoms with Crippen molar-refractivity contribution in [2.45, 2.75) is 38.3 Å². The van der Waals surface area contributed by atoms with Crippen molar-refractivity contribution in [2.24, 2.45) is 5.92 Å². The van der Waals surface area contributed by atoms with Crippen molar-refractivity contribution >= 4 is 6.09 Å². The molecule has 0 radical (unpaired) electrons. The first-order valence-electron chi connectivity index (χ1n) is 8.73. The van der Waals surface area contributed by atoms with Gasteiger partial charge < -0.3 is 14.7 Å². The van der Waals surface area contributed by atoms with Crippen LogP contribution in [0.25, 0.3) is 0 Å². The van der Waals surface area contributed by atoms with Gasteiger partial charge in [0.2, 0.25) is 0 Å². The lowest BCUT2D eigenvalue weighted by Gasteiger charge is -2.37. The van der Waals surface area contributed by atoms with Gasteiger partial charge in [-0.3, -0.25) is 4.90 Å². The van der Waals surface area contributed by atoms with Gasteiger partial charge in [0.1, 0.15) is 17.4 Å². The van der Waals surface area contributed by atoms with Crippen molar-refractivity contribution < 1.29 is 23.4 Å². The van der Waals surface area contributed by atoms with Crippen molar-refractivity contribution in [3.63, 3.8) is 0 Å². The quantitative estimate of drug-likeness (QED) is 0.851. The summed E-state index contributed by atoms with van der Waals surface area (Å²) < 4.78 is 34.2. The summed E-state index contributed by atoms with van der Waals surface area (Å²) >= 11 is 0. The topological polar surface area (TPSA) is 53.0 Å². The van der Waals surface area contributed by atoms with E-state index in [0.29, 0.717) is 25.9 Å². The number of ether oxygens (including phenoxy) is 1. The van der Waals surface area contributed by atoms with Gasteiger partial charge in [-0.1, -0.05) is 0 Å². The first kappa shape index (κ1) is 17.9. The molecule has 1 aromatic carbocycles. The van der Waals surface area contributed by atoms with Gasteiger partial charge in [0.15, 0.2) is 0 Å². The summed E-state index contributed by atoms with van der Waals surface area (Å²) in [5.74, 6) is -0.697. The lowest BCUT2D eigenvalue weighted by atomic mass is 9.82. The smallest absolute Gasteiger partial charge is 0.407 e. The minimum absolute atomic E-state index is 0.101. The number of hydrogen-bond donors (Lipinski definition) is 1. The molecule has 5 nitrogen and oxygen atoms in total. The second-order valence-corrected chi connectivity index (χ2v) is 7.09. The zero-order valence-corrected chi connectivity index (χ0v) is 14.4. The number of hydrogen-bond acceptors (Lipinski definition) is 3. The predicted molar refractivity (Wildman–Crippen MR) is 88.7 cm³/mol. The summed E-state index contributed by atoms with van der Waals surface area (Å²) in [6, 6.07) is 2.51. The van der Waals surface area contributed by atoms with Crippen LogP contribution in [0.1, 0.15) is 31.2 Å². The molecule has 1 N–H and O–H groups in total. The van der Waals surface area contributed by atoms with Crippen LogP contribution in [0, 0.1) is 17.6 Å². The molecule has 1 saturated carbocycles. The maximum absolute atomic E-state index is 14.3. The zero-order chi connectivity index (χ0) is 18.0. The number of carbonyl (C=O) groups is 1. The van der Waals surface area contributed by atoms with Crippen LogP contribution in [0.15, 0.2) is 12.1 Å². The van der Waals surface area contributed by atoms with Crippen LogP contribution in [0.2, 0.25) is 0 Å². The standard InChI is InChI=1S/C18H24F2N2O3/c1-21(18(23)24)10-12-6-13(7-12)25-14-8-16(19)15(17(20)9-14)11-22-4-2-3-5-22/h8-9,12-13H,2-7,10-11H2,1H3,(H,23,24)/t12-,13-. The van der Waals surface area contributed by atoms with E-state index in [1.54, 1.807) is 0 Å². The maximum atomic E-state index is 14.3. The molecule has 0 aromatic heterocycles. The lowest BCUT2D eigenvalue weighted by molar-refractivity contribution is 0.0470. The summed E-state index contributed by atoms with van der Waals surface area (Å²) in [7, 11) is 1.53. The normalized spacial score (nSPS) is 23.3. The summed E-state index contributed by atoms with van der Waals surface area (Å²) in [6.07, 6.45) is 2.46. The van der Waals surface area contributed by atoms with Gasteiger partial charge in [0.05, 0.1) is 6.10 Å². The number of nitrogens with zero attached hydrogens (tertiary/aromatic N) is 2. The molecule has 2 fully saturated rings. The fourth-order valence-electron chi connectivity index (χ4n) is 3.54. The van der Waals surface area contributed by atoms with Gasteiger partial charge >= 0.3 is 6.09 Å². The summed E-state index contributed by atoms with van der Waals surface area (Å²) in [4.78, 5) is 14.1. The third-order valence-corrected chi connectivity index (χ3v) is 5.05. The second kappa shape index (κ2) is 7.56.